The highest BCUT2D eigenvalue weighted by Gasteiger charge is 2.28. The van der Waals surface area contributed by atoms with Crippen LogP contribution in [0.2, 0.25) is 0 Å². The van der Waals surface area contributed by atoms with Crippen LogP contribution < -0.4 is 5.32 Å². The number of benzene rings is 1. The van der Waals surface area contributed by atoms with Crippen LogP contribution in [0, 0.1) is 19.7 Å². The fraction of sp³-hybridized carbons (Fsp3) is 0.500. The van der Waals surface area contributed by atoms with Crippen molar-refractivity contribution in [3.05, 3.63) is 64.4 Å². The average molecular weight is 450 g/mol. The second kappa shape index (κ2) is 9.21. The van der Waals surface area contributed by atoms with E-state index in [-0.39, 0.29) is 17.8 Å². The molecule has 1 unspecified atom stereocenters. The van der Waals surface area contributed by atoms with E-state index in [0.29, 0.717) is 25.4 Å². The SMILES string of the molecule is Cc1nc2cc(C3CCCCN3Cc3ccccc3F)nn2c(C)c1CCC(=O)NC1CC1. The van der Waals surface area contributed by atoms with Crippen molar-refractivity contribution in [2.45, 2.75) is 77.4 Å². The number of hydrogen-bond acceptors (Lipinski definition) is 4. The molecule has 1 N–H and O–H groups in total. The zero-order valence-corrected chi connectivity index (χ0v) is 19.5. The topological polar surface area (TPSA) is 62.5 Å². The normalized spacial score (nSPS) is 19.2. The highest BCUT2D eigenvalue weighted by atomic mass is 19.1. The Bertz CT molecular complexity index is 1170. The van der Waals surface area contributed by atoms with Crippen molar-refractivity contribution in [1.82, 2.24) is 24.8 Å². The summed E-state index contributed by atoms with van der Waals surface area (Å²) in [5.41, 5.74) is 5.64. The van der Waals surface area contributed by atoms with Crippen molar-refractivity contribution in [1.29, 1.82) is 0 Å². The third-order valence-corrected chi connectivity index (χ3v) is 7.01. The maximum Gasteiger partial charge on any atom is 0.220 e. The van der Waals surface area contributed by atoms with Gasteiger partial charge in [-0.1, -0.05) is 24.6 Å². The van der Waals surface area contributed by atoms with Crippen LogP contribution >= 0.6 is 0 Å². The first-order valence-corrected chi connectivity index (χ1v) is 12.1. The van der Waals surface area contributed by atoms with E-state index < -0.39 is 0 Å². The predicted molar refractivity (Wildman–Crippen MR) is 125 cm³/mol. The predicted octanol–water partition coefficient (Wildman–Crippen LogP) is 4.42. The van der Waals surface area contributed by atoms with Crippen LogP contribution in [-0.2, 0) is 17.8 Å². The number of carbonyl (C=O) groups is 1. The number of aromatic nitrogens is 3. The number of rotatable bonds is 7. The van der Waals surface area contributed by atoms with E-state index in [4.69, 9.17) is 10.1 Å². The minimum absolute atomic E-state index is 0.114. The van der Waals surface area contributed by atoms with Gasteiger partial charge in [0.2, 0.25) is 5.91 Å². The van der Waals surface area contributed by atoms with Crippen LogP contribution in [-0.4, -0.2) is 38.0 Å². The van der Waals surface area contributed by atoms with Gasteiger partial charge in [-0.2, -0.15) is 5.10 Å². The van der Waals surface area contributed by atoms with Gasteiger partial charge in [-0.3, -0.25) is 9.69 Å². The number of hydrogen-bond donors (Lipinski definition) is 1. The molecule has 1 saturated heterocycles. The van der Waals surface area contributed by atoms with Crippen molar-refractivity contribution >= 4 is 11.6 Å². The van der Waals surface area contributed by atoms with Gasteiger partial charge in [0, 0.05) is 42.0 Å². The summed E-state index contributed by atoms with van der Waals surface area (Å²) in [6.07, 6.45) is 6.59. The Labute approximate surface area is 194 Å². The molecule has 1 saturated carbocycles. The van der Waals surface area contributed by atoms with Crippen molar-refractivity contribution in [3.63, 3.8) is 0 Å². The van der Waals surface area contributed by atoms with Gasteiger partial charge in [-0.25, -0.2) is 13.9 Å². The van der Waals surface area contributed by atoms with Crippen molar-refractivity contribution < 1.29 is 9.18 Å². The fourth-order valence-corrected chi connectivity index (χ4v) is 5.00. The molecule has 5 rings (SSSR count). The van der Waals surface area contributed by atoms with E-state index in [2.05, 4.69) is 23.2 Å². The fourth-order valence-electron chi connectivity index (χ4n) is 5.00. The summed E-state index contributed by atoms with van der Waals surface area (Å²) >= 11 is 0. The molecule has 3 heterocycles. The van der Waals surface area contributed by atoms with Crippen LogP contribution in [0.15, 0.2) is 30.3 Å². The van der Waals surface area contributed by atoms with Crippen molar-refractivity contribution in [3.8, 4) is 0 Å². The molecule has 2 aliphatic rings. The van der Waals surface area contributed by atoms with E-state index in [1.165, 1.54) is 6.07 Å². The number of piperidine rings is 1. The second-order valence-electron chi connectivity index (χ2n) is 9.52. The Morgan fingerprint density at radius 3 is 2.79 bits per heavy atom. The summed E-state index contributed by atoms with van der Waals surface area (Å²) in [5.74, 6) is -0.0381. The van der Waals surface area contributed by atoms with E-state index in [9.17, 15) is 9.18 Å². The summed E-state index contributed by atoms with van der Waals surface area (Å²) in [6.45, 7) is 5.58. The van der Waals surface area contributed by atoms with Gasteiger partial charge in [-0.15, -0.1) is 0 Å². The monoisotopic (exact) mass is 449 g/mol. The zero-order chi connectivity index (χ0) is 22.9. The number of nitrogens with zero attached hydrogens (tertiary/aromatic N) is 4. The molecule has 0 bridgehead atoms. The maximum atomic E-state index is 14.3. The summed E-state index contributed by atoms with van der Waals surface area (Å²) in [5, 5.41) is 8.02. The van der Waals surface area contributed by atoms with Gasteiger partial charge >= 0.3 is 0 Å². The molecule has 33 heavy (non-hydrogen) atoms. The van der Waals surface area contributed by atoms with E-state index in [1.807, 2.05) is 23.6 Å². The van der Waals surface area contributed by atoms with Crippen LogP contribution in [0.3, 0.4) is 0 Å². The first kappa shape index (κ1) is 22.0. The van der Waals surface area contributed by atoms with Crippen LogP contribution in [0.25, 0.3) is 5.65 Å². The summed E-state index contributed by atoms with van der Waals surface area (Å²) in [4.78, 5) is 19.3. The van der Waals surface area contributed by atoms with Crippen LogP contribution in [0.4, 0.5) is 4.39 Å². The van der Waals surface area contributed by atoms with Gasteiger partial charge in [-0.05, 0) is 64.1 Å². The molecule has 1 aromatic carbocycles. The highest BCUT2D eigenvalue weighted by molar-refractivity contribution is 5.76. The van der Waals surface area contributed by atoms with Crippen molar-refractivity contribution in [2.24, 2.45) is 0 Å². The summed E-state index contributed by atoms with van der Waals surface area (Å²) < 4.78 is 16.2. The highest BCUT2D eigenvalue weighted by Crippen LogP contribution is 2.33. The number of fused-ring (bicyclic) bond motifs is 1. The van der Waals surface area contributed by atoms with Gasteiger partial charge < -0.3 is 5.32 Å². The van der Waals surface area contributed by atoms with Crippen LogP contribution in [0.5, 0.6) is 0 Å². The quantitative estimate of drug-likeness (QED) is 0.580. The largest absolute Gasteiger partial charge is 0.353 e. The molecule has 3 aromatic rings. The molecular formula is C26H32FN5O. The van der Waals surface area contributed by atoms with Gasteiger partial charge in [0.25, 0.3) is 0 Å². The molecule has 6 nitrogen and oxygen atoms in total. The molecule has 1 amide bonds. The smallest absolute Gasteiger partial charge is 0.220 e. The number of aryl methyl sites for hydroxylation is 2. The Hall–Kier alpha value is -2.80. The molecule has 174 valence electrons. The lowest BCUT2D eigenvalue weighted by Crippen LogP contribution is -2.33. The van der Waals surface area contributed by atoms with E-state index >= 15 is 0 Å². The standard InChI is InChI=1S/C26H32FN5O/c1-17-21(12-13-26(33)29-20-10-11-20)18(2)32-25(28-17)15-23(30-32)24-9-5-6-14-31(24)16-19-7-3-4-8-22(19)27/h3-4,7-8,15,20,24H,5-6,9-14,16H2,1-2H3,(H,29,33). The summed E-state index contributed by atoms with van der Waals surface area (Å²) in [7, 11) is 0. The molecule has 1 atom stereocenters. The number of likely N-dealkylation sites (tertiary alicyclic amines) is 1. The first-order chi connectivity index (χ1) is 16.0. The van der Waals surface area contributed by atoms with Crippen LogP contribution in [0.1, 0.15) is 72.8 Å². The first-order valence-electron chi connectivity index (χ1n) is 12.1. The van der Waals surface area contributed by atoms with Crippen molar-refractivity contribution in [2.75, 3.05) is 6.54 Å². The molecule has 2 fully saturated rings. The third kappa shape index (κ3) is 4.78. The van der Waals surface area contributed by atoms with Gasteiger partial charge in [0.05, 0.1) is 11.7 Å². The van der Waals surface area contributed by atoms with Gasteiger partial charge in [0.1, 0.15) is 5.82 Å². The maximum absolute atomic E-state index is 14.3. The molecule has 7 heteroatoms. The Morgan fingerprint density at radius 2 is 2.00 bits per heavy atom. The number of amides is 1. The number of halogens is 1. The minimum atomic E-state index is -0.152. The number of carbonyl (C=O) groups excluding carboxylic acids is 1. The Balaban J connectivity index is 1.38. The lowest BCUT2D eigenvalue weighted by molar-refractivity contribution is -0.121. The molecule has 1 aliphatic heterocycles. The average Bonchev–Trinajstić information content (AvgIpc) is 3.51. The molecule has 0 spiro atoms. The zero-order valence-electron chi connectivity index (χ0n) is 19.5. The Kier molecular flexibility index (Phi) is 6.15. The molecule has 0 radical (unpaired) electrons. The van der Waals surface area contributed by atoms with E-state index in [1.54, 1.807) is 6.07 Å². The number of nitrogens with one attached hydrogen (secondary N) is 1. The van der Waals surface area contributed by atoms with E-state index in [0.717, 1.165) is 72.5 Å². The lowest BCUT2D eigenvalue weighted by atomic mass is 9.98. The summed E-state index contributed by atoms with van der Waals surface area (Å²) in [6, 6.07) is 9.63. The molecule has 2 aromatic heterocycles. The third-order valence-electron chi connectivity index (χ3n) is 7.01. The second-order valence-corrected chi connectivity index (χ2v) is 9.52. The Morgan fingerprint density at radius 1 is 1.18 bits per heavy atom. The minimum Gasteiger partial charge on any atom is -0.353 e. The molecular weight excluding hydrogens is 417 g/mol. The lowest BCUT2D eigenvalue weighted by Gasteiger charge is -2.34. The molecule has 1 aliphatic carbocycles. The van der Waals surface area contributed by atoms with Gasteiger partial charge in [0.15, 0.2) is 5.65 Å².